The maximum absolute atomic E-state index is 12.6. The molecule has 2 aliphatic rings. The maximum Gasteiger partial charge on any atom is 0.224 e. The van der Waals surface area contributed by atoms with Gasteiger partial charge in [0.25, 0.3) is 0 Å². The van der Waals surface area contributed by atoms with Crippen LogP contribution in [0, 0.1) is 0 Å². The van der Waals surface area contributed by atoms with Crippen molar-refractivity contribution in [2.75, 3.05) is 6.61 Å². The first kappa shape index (κ1) is 11.8. The molecule has 1 heterocycles. The van der Waals surface area contributed by atoms with Gasteiger partial charge in [-0.15, -0.1) is 0 Å². The molecular formula is C17H14O3. The number of carbonyl (C=O) groups is 1. The monoisotopic (exact) mass is 266 g/mol. The van der Waals surface area contributed by atoms with Crippen LogP contribution in [0.2, 0.25) is 0 Å². The molecule has 2 aromatic carbocycles. The Kier molecular flexibility index (Phi) is 2.37. The smallest absolute Gasteiger partial charge is 0.224 e. The van der Waals surface area contributed by atoms with E-state index < -0.39 is 5.79 Å². The summed E-state index contributed by atoms with van der Waals surface area (Å²) in [5.74, 6) is -0.894. The summed E-state index contributed by atoms with van der Waals surface area (Å²) < 4.78 is 12.1. The van der Waals surface area contributed by atoms with Crippen LogP contribution in [0.4, 0.5) is 0 Å². The highest BCUT2D eigenvalue weighted by Crippen LogP contribution is 2.46. The molecule has 3 heteroatoms. The molecule has 4 rings (SSSR count). The van der Waals surface area contributed by atoms with Crippen molar-refractivity contribution in [1.29, 1.82) is 0 Å². The third-order valence-corrected chi connectivity index (χ3v) is 3.94. The predicted molar refractivity (Wildman–Crippen MR) is 73.6 cm³/mol. The molecule has 1 spiro atoms. The van der Waals surface area contributed by atoms with E-state index in [-0.39, 0.29) is 11.9 Å². The SMILES string of the molecule is CC1COC2(O1)c1ccccc1C(=O)c1ccccc12. The molecular weight excluding hydrogens is 252 g/mol. The lowest BCUT2D eigenvalue weighted by Crippen LogP contribution is -2.37. The van der Waals surface area contributed by atoms with E-state index in [1.54, 1.807) is 0 Å². The van der Waals surface area contributed by atoms with Gasteiger partial charge < -0.3 is 9.47 Å². The van der Waals surface area contributed by atoms with Crippen LogP contribution in [0.1, 0.15) is 34.0 Å². The van der Waals surface area contributed by atoms with Crippen LogP contribution in [0.3, 0.4) is 0 Å². The average Bonchev–Trinajstić information content (AvgIpc) is 2.88. The van der Waals surface area contributed by atoms with Gasteiger partial charge in [0.05, 0.1) is 12.7 Å². The number of hydrogen-bond donors (Lipinski definition) is 0. The summed E-state index contributed by atoms with van der Waals surface area (Å²) in [5, 5.41) is 0. The summed E-state index contributed by atoms with van der Waals surface area (Å²) in [6, 6.07) is 15.1. The van der Waals surface area contributed by atoms with Crippen LogP contribution in [0.5, 0.6) is 0 Å². The number of fused-ring (bicyclic) bond motifs is 4. The fourth-order valence-corrected chi connectivity index (χ4v) is 3.09. The molecule has 1 aliphatic heterocycles. The maximum atomic E-state index is 12.6. The highest BCUT2D eigenvalue weighted by Gasteiger charge is 2.50. The quantitative estimate of drug-likeness (QED) is 0.735. The molecule has 2 aromatic rings. The van der Waals surface area contributed by atoms with Crippen LogP contribution in [0.15, 0.2) is 48.5 Å². The number of hydrogen-bond acceptors (Lipinski definition) is 3. The number of ketones is 1. The Morgan fingerprint density at radius 3 is 2.05 bits per heavy atom. The molecule has 20 heavy (non-hydrogen) atoms. The largest absolute Gasteiger partial charge is 0.339 e. The predicted octanol–water partition coefficient (Wildman–Crippen LogP) is 2.87. The van der Waals surface area contributed by atoms with Gasteiger partial charge in [-0.3, -0.25) is 4.79 Å². The van der Waals surface area contributed by atoms with E-state index >= 15 is 0 Å². The summed E-state index contributed by atoms with van der Waals surface area (Å²) in [5.41, 5.74) is 2.96. The lowest BCUT2D eigenvalue weighted by Gasteiger charge is -2.35. The second kappa shape index (κ2) is 4.01. The molecule has 0 bridgehead atoms. The first-order chi connectivity index (χ1) is 9.72. The Morgan fingerprint density at radius 2 is 1.55 bits per heavy atom. The van der Waals surface area contributed by atoms with Gasteiger partial charge in [-0.25, -0.2) is 0 Å². The fraction of sp³-hybridized carbons (Fsp3) is 0.235. The van der Waals surface area contributed by atoms with Gasteiger partial charge in [-0.1, -0.05) is 48.5 Å². The zero-order valence-electron chi connectivity index (χ0n) is 11.1. The fourth-order valence-electron chi connectivity index (χ4n) is 3.09. The van der Waals surface area contributed by atoms with Crippen molar-refractivity contribution in [3.05, 3.63) is 70.8 Å². The zero-order valence-corrected chi connectivity index (χ0v) is 11.1. The third kappa shape index (κ3) is 1.39. The standard InChI is InChI=1S/C17H14O3/c1-11-10-19-17(20-11)14-8-4-2-6-12(14)16(18)13-7-3-5-9-15(13)17/h2-9,11H,10H2,1H3. The van der Waals surface area contributed by atoms with E-state index in [0.717, 1.165) is 11.1 Å². The topological polar surface area (TPSA) is 35.5 Å². The lowest BCUT2D eigenvalue weighted by molar-refractivity contribution is -0.141. The van der Waals surface area contributed by atoms with Crippen molar-refractivity contribution in [2.24, 2.45) is 0 Å². The van der Waals surface area contributed by atoms with Crippen LogP contribution < -0.4 is 0 Å². The second-order valence-electron chi connectivity index (χ2n) is 5.28. The van der Waals surface area contributed by atoms with Gasteiger partial charge in [-0.2, -0.15) is 0 Å². The minimum atomic E-state index is -0.930. The van der Waals surface area contributed by atoms with Gasteiger partial charge in [-0.05, 0) is 6.92 Å². The zero-order chi connectivity index (χ0) is 13.7. The third-order valence-electron chi connectivity index (χ3n) is 3.94. The summed E-state index contributed by atoms with van der Waals surface area (Å²) in [7, 11) is 0. The van der Waals surface area contributed by atoms with Crippen molar-refractivity contribution in [3.63, 3.8) is 0 Å². The highest BCUT2D eigenvalue weighted by molar-refractivity contribution is 6.12. The molecule has 1 saturated heterocycles. The van der Waals surface area contributed by atoms with Crippen molar-refractivity contribution in [2.45, 2.75) is 18.8 Å². The highest BCUT2D eigenvalue weighted by atomic mass is 16.7. The summed E-state index contributed by atoms with van der Waals surface area (Å²) >= 11 is 0. The number of benzene rings is 2. The molecule has 1 fully saturated rings. The number of rotatable bonds is 0. The lowest BCUT2D eigenvalue weighted by atomic mass is 9.80. The molecule has 1 aliphatic carbocycles. The normalized spacial score (nSPS) is 22.6. The Morgan fingerprint density at radius 1 is 1.00 bits per heavy atom. The van der Waals surface area contributed by atoms with Gasteiger partial charge >= 0.3 is 0 Å². The van der Waals surface area contributed by atoms with E-state index in [9.17, 15) is 4.79 Å². The summed E-state index contributed by atoms with van der Waals surface area (Å²) in [4.78, 5) is 12.6. The molecule has 0 N–H and O–H groups in total. The van der Waals surface area contributed by atoms with Crippen LogP contribution in [-0.2, 0) is 15.3 Å². The minimum absolute atomic E-state index is 0.00399. The van der Waals surface area contributed by atoms with Gasteiger partial charge in [0.15, 0.2) is 5.78 Å². The Balaban J connectivity index is 2.05. The first-order valence-electron chi connectivity index (χ1n) is 6.78. The molecule has 3 nitrogen and oxygen atoms in total. The van der Waals surface area contributed by atoms with E-state index in [0.29, 0.717) is 17.7 Å². The van der Waals surface area contributed by atoms with Crippen LogP contribution >= 0.6 is 0 Å². The summed E-state index contributed by atoms with van der Waals surface area (Å²) in [6.07, 6.45) is 0.00399. The second-order valence-corrected chi connectivity index (χ2v) is 5.28. The van der Waals surface area contributed by atoms with E-state index in [4.69, 9.17) is 9.47 Å². The van der Waals surface area contributed by atoms with Gasteiger partial charge in [0.2, 0.25) is 5.79 Å². The van der Waals surface area contributed by atoms with Crippen molar-refractivity contribution in [1.82, 2.24) is 0 Å². The Bertz CT molecular complexity index is 655. The van der Waals surface area contributed by atoms with E-state index in [1.165, 1.54) is 0 Å². The first-order valence-corrected chi connectivity index (χ1v) is 6.78. The molecule has 1 atom stereocenters. The minimum Gasteiger partial charge on any atom is -0.339 e. The Hall–Kier alpha value is -1.97. The molecule has 0 amide bonds. The van der Waals surface area contributed by atoms with Crippen LogP contribution in [0.25, 0.3) is 0 Å². The molecule has 0 saturated carbocycles. The van der Waals surface area contributed by atoms with Gasteiger partial charge in [0, 0.05) is 22.3 Å². The molecule has 1 unspecified atom stereocenters. The van der Waals surface area contributed by atoms with Crippen molar-refractivity contribution < 1.29 is 14.3 Å². The van der Waals surface area contributed by atoms with E-state index in [2.05, 4.69) is 0 Å². The molecule has 0 radical (unpaired) electrons. The summed E-state index contributed by atoms with van der Waals surface area (Å²) in [6.45, 7) is 2.51. The van der Waals surface area contributed by atoms with Crippen molar-refractivity contribution >= 4 is 5.78 Å². The van der Waals surface area contributed by atoms with Gasteiger partial charge in [0.1, 0.15) is 0 Å². The molecule has 0 aromatic heterocycles. The number of ether oxygens (including phenoxy) is 2. The number of carbonyl (C=O) groups excluding carboxylic acids is 1. The van der Waals surface area contributed by atoms with Crippen molar-refractivity contribution in [3.8, 4) is 0 Å². The van der Waals surface area contributed by atoms with E-state index in [1.807, 2.05) is 55.5 Å². The molecule has 100 valence electrons. The average molecular weight is 266 g/mol. The van der Waals surface area contributed by atoms with Crippen LogP contribution in [-0.4, -0.2) is 18.5 Å². The Labute approximate surface area is 117 Å².